The third-order valence-corrected chi connectivity index (χ3v) is 4.77. The Labute approximate surface area is 135 Å². The van der Waals surface area contributed by atoms with Crippen molar-refractivity contribution in [3.63, 3.8) is 0 Å². The number of hydrogen-bond donors (Lipinski definition) is 1. The second-order valence-electron chi connectivity index (χ2n) is 5.49. The van der Waals surface area contributed by atoms with Gasteiger partial charge in [-0.3, -0.25) is 4.79 Å². The molecule has 4 nitrogen and oxygen atoms in total. The third kappa shape index (κ3) is 3.80. The predicted octanol–water partition coefficient (Wildman–Crippen LogP) is 3.52. The van der Waals surface area contributed by atoms with E-state index in [1.165, 1.54) is 0 Å². The molecular formula is C15H16F3N3OS. The summed E-state index contributed by atoms with van der Waals surface area (Å²) in [6, 6.07) is 7.40. The average Bonchev–Trinajstić information content (AvgIpc) is 3.12. The fourth-order valence-electron chi connectivity index (χ4n) is 2.82. The lowest BCUT2D eigenvalue weighted by Gasteiger charge is -2.23. The van der Waals surface area contributed by atoms with Gasteiger partial charge >= 0.3 is 6.18 Å². The number of aromatic amines is 1. The van der Waals surface area contributed by atoms with E-state index in [2.05, 4.69) is 9.97 Å². The van der Waals surface area contributed by atoms with Gasteiger partial charge in [0, 0.05) is 6.54 Å². The van der Waals surface area contributed by atoms with Crippen LogP contribution in [-0.4, -0.2) is 45.0 Å². The lowest BCUT2D eigenvalue weighted by Crippen LogP contribution is -2.33. The summed E-state index contributed by atoms with van der Waals surface area (Å²) >= 11 is 0.611. The van der Waals surface area contributed by atoms with Crippen molar-refractivity contribution >= 4 is 28.7 Å². The molecule has 124 valence electrons. The van der Waals surface area contributed by atoms with E-state index in [1.807, 2.05) is 24.3 Å². The van der Waals surface area contributed by atoms with E-state index in [0.717, 1.165) is 23.9 Å². The number of nitrogens with zero attached hydrogens (tertiary/aromatic N) is 2. The van der Waals surface area contributed by atoms with Crippen LogP contribution in [0.4, 0.5) is 13.2 Å². The van der Waals surface area contributed by atoms with Crippen molar-refractivity contribution in [2.45, 2.75) is 25.1 Å². The van der Waals surface area contributed by atoms with E-state index in [9.17, 15) is 18.0 Å². The number of thioether (sulfide) groups is 1. The molecule has 8 heteroatoms. The highest BCUT2D eigenvalue weighted by molar-refractivity contribution is 8.00. The first-order valence-electron chi connectivity index (χ1n) is 7.33. The molecule has 0 spiro atoms. The van der Waals surface area contributed by atoms with E-state index in [4.69, 9.17) is 0 Å². The van der Waals surface area contributed by atoms with Gasteiger partial charge in [0.05, 0.1) is 28.6 Å². The molecule has 0 aliphatic carbocycles. The first-order chi connectivity index (χ1) is 10.9. The highest BCUT2D eigenvalue weighted by Gasteiger charge is 2.33. The number of aromatic nitrogens is 2. The number of rotatable bonds is 4. The SMILES string of the molecule is O=C(CSCC(F)(F)F)N1CCC[C@@H]1c1nc2ccccc2[nH]1. The van der Waals surface area contributed by atoms with Crippen molar-refractivity contribution < 1.29 is 18.0 Å². The molecule has 0 radical (unpaired) electrons. The fourth-order valence-corrected chi connectivity index (χ4v) is 3.49. The summed E-state index contributed by atoms with van der Waals surface area (Å²) in [4.78, 5) is 21.6. The molecule has 3 rings (SSSR count). The van der Waals surface area contributed by atoms with Crippen LogP contribution in [0.15, 0.2) is 24.3 Å². The molecule has 1 fully saturated rings. The van der Waals surface area contributed by atoms with Crippen LogP contribution in [0.1, 0.15) is 24.7 Å². The van der Waals surface area contributed by atoms with E-state index in [-0.39, 0.29) is 17.7 Å². The second kappa shape index (κ2) is 6.43. The summed E-state index contributed by atoms with van der Waals surface area (Å²) in [5, 5.41) is 0. The Morgan fingerprint density at radius 3 is 2.91 bits per heavy atom. The van der Waals surface area contributed by atoms with Gasteiger partial charge < -0.3 is 9.88 Å². The maximum atomic E-state index is 12.2. The molecule has 1 aliphatic rings. The van der Waals surface area contributed by atoms with Crippen LogP contribution in [0.5, 0.6) is 0 Å². The van der Waals surface area contributed by atoms with Gasteiger partial charge in [-0.15, -0.1) is 11.8 Å². The number of carbonyl (C=O) groups excluding carboxylic acids is 1. The zero-order valence-electron chi connectivity index (χ0n) is 12.3. The van der Waals surface area contributed by atoms with E-state index >= 15 is 0 Å². The van der Waals surface area contributed by atoms with Crippen LogP contribution in [-0.2, 0) is 4.79 Å². The number of amides is 1. The van der Waals surface area contributed by atoms with Gasteiger partial charge in [-0.05, 0) is 25.0 Å². The third-order valence-electron chi connectivity index (χ3n) is 3.79. The zero-order valence-corrected chi connectivity index (χ0v) is 13.1. The van der Waals surface area contributed by atoms with Gasteiger partial charge in [-0.1, -0.05) is 12.1 Å². The molecule has 1 N–H and O–H groups in total. The van der Waals surface area contributed by atoms with Crippen LogP contribution < -0.4 is 0 Å². The van der Waals surface area contributed by atoms with Gasteiger partial charge in [0.1, 0.15) is 5.82 Å². The first kappa shape index (κ1) is 16.2. The zero-order chi connectivity index (χ0) is 16.4. The van der Waals surface area contributed by atoms with Crippen LogP contribution in [0, 0.1) is 0 Å². The number of hydrogen-bond acceptors (Lipinski definition) is 3. The van der Waals surface area contributed by atoms with Crippen molar-refractivity contribution in [2.24, 2.45) is 0 Å². The molecule has 0 saturated carbocycles. The number of para-hydroxylation sites is 2. The van der Waals surface area contributed by atoms with Crippen molar-refractivity contribution in [3.8, 4) is 0 Å². The highest BCUT2D eigenvalue weighted by Crippen LogP contribution is 2.32. The summed E-state index contributed by atoms with van der Waals surface area (Å²) in [6.45, 7) is 0.563. The minimum Gasteiger partial charge on any atom is -0.340 e. The van der Waals surface area contributed by atoms with Gasteiger partial charge in [-0.2, -0.15) is 13.2 Å². The molecule has 1 aromatic carbocycles. The topological polar surface area (TPSA) is 49.0 Å². The van der Waals surface area contributed by atoms with E-state index in [0.29, 0.717) is 24.1 Å². The fraction of sp³-hybridized carbons (Fsp3) is 0.467. The molecule has 0 bridgehead atoms. The minimum absolute atomic E-state index is 0.157. The lowest BCUT2D eigenvalue weighted by molar-refractivity contribution is -0.129. The number of H-pyrrole nitrogens is 1. The Morgan fingerprint density at radius 1 is 1.39 bits per heavy atom. The van der Waals surface area contributed by atoms with Gasteiger partial charge in [0.25, 0.3) is 0 Å². The maximum absolute atomic E-state index is 12.2. The van der Waals surface area contributed by atoms with E-state index in [1.54, 1.807) is 4.90 Å². The number of imidazole rings is 1. The number of likely N-dealkylation sites (tertiary alicyclic amines) is 1. The Morgan fingerprint density at radius 2 is 2.17 bits per heavy atom. The summed E-state index contributed by atoms with van der Waals surface area (Å²) in [7, 11) is 0. The number of alkyl halides is 3. The van der Waals surface area contributed by atoms with Crippen LogP contribution in [0.3, 0.4) is 0 Å². The quantitative estimate of drug-likeness (QED) is 0.924. The Bertz CT molecular complexity index is 668. The molecule has 2 aromatic rings. The molecule has 1 saturated heterocycles. The van der Waals surface area contributed by atoms with Crippen LogP contribution in [0.25, 0.3) is 11.0 Å². The molecule has 1 atom stereocenters. The van der Waals surface area contributed by atoms with Crippen molar-refractivity contribution in [1.29, 1.82) is 0 Å². The normalized spacial score (nSPS) is 18.7. The monoisotopic (exact) mass is 343 g/mol. The Hall–Kier alpha value is -1.70. The summed E-state index contributed by atoms with van der Waals surface area (Å²) in [6.07, 6.45) is -2.64. The number of halogens is 3. The summed E-state index contributed by atoms with van der Waals surface area (Å²) < 4.78 is 36.5. The predicted molar refractivity (Wildman–Crippen MR) is 83.2 cm³/mol. The molecule has 1 aromatic heterocycles. The molecule has 1 amide bonds. The van der Waals surface area contributed by atoms with Crippen LogP contribution >= 0.6 is 11.8 Å². The Kier molecular flexibility index (Phi) is 4.52. The molecule has 1 aliphatic heterocycles. The number of fused-ring (bicyclic) bond motifs is 1. The van der Waals surface area contributed by atoms with Gasteiger partial charge in [0.15, 0.2) is 0 Å². The smallest absolute Gasteiger partial charge is 0.340 e. The number of carbonyl (C=O) groups is 1. The van der Waals surface area contributed by atoms with Gasteiger partial charge in [-0.25, -0.2) is 4.98 Å². The highest BCUT2D eigenvalue weighted by atomic mass is 32.2. The number of nitrogens with one attached hydrogen (secondary N) is 1. The molecule has 0 unspecified atom stereocenters. The van der Waals surface area contributed by atoms with Gasteiger partial charge in [0.2, 0.25) is 5.91 Å². The Balaban J connectivity index is 1.68. The maximum Gasteiger partial charge on any atom is 0.397 e. The lowest BCUT2D eigenvalue weighted by atomic mass is 10.2. The molecule has 2 heterocycles. The van der Waals surface area contributed by atoms with E-state index < -0.39 is 11.9 Å². The summed E-state index contributed by atoms with van der Waals surface area (Å²) in [5.41, 5.74) is 1.72. The van der Waals surface area contributed by atoms with Crippen LogP contribution in [0.2, 0.25) is 0 Å². The molecular weight excluding hydrogens is 327 g/mol. The van der Waals surface area contributed by atoms with Crippen molar-refractivity contribution in [3.05, 3.63) is 30.1 Å². The minimum atomic E-state index is -4.24. The first-order valence-corrected chi connectivity index (χ1v) is 8.48. The summed E-state index contributed by atoms with van der Waals surface area (Å²) in [5.74, 6) is -0.710. The van der Waals surface area contributed by atoms with Crippen molar-refractivity contribution in [2.75, 3.05) is 18.1 Å². The largest absolute Gasteiger partial charge is 0.397 e. The standard InChI is InChI=1S/C15H16F3N3OS/c16-15(17,18)9-23-8-13(22)21-7-3-6-12(21)14-19-10-4-1-2-5-11(10)20-14/h1-2,4-5,12H,3,6-9H2,(H,19,20)/t12-/m1/s1. The average molecular weight is 343 g/mol. The second-order valence-corrected chi connectivity index (χ2v) is 6.48. The molecule has 23 heavy (non-hydrogen) atoms. The number of benzene rings is 1. The van der Waals surface area contributed by atoms with Crippen molar-refractivity contribution in [1.82, 2.24) is 14.9 Å².